The highest BCUT2D eigenvalue weighted by atomic mass is 19.4. The van der Waals surface area contributed by atoms with Gasteiger partial charge in [0.05, 0.1) is 0 Å². The van der Waals surface area contributed by atoms with Gasteiger partial charge in [-0.3, -0.25) is 0 Å². The van der Waals surface area contributed by atoms with Crippen molar-refractivity contribution >= 4 is 16.7 Å². The van der Waals surface area contributed by atoms with Gasteiger partial charge in [0, 0.05) is 5.39 Å². The van der Waals surface area contributed by atoms with Crippen molar-refractivity contribution in [2.45, 2.75) is 6.18 Å². The van der Waals surface area contributed by atoms with Crippen molar-refractivity contribution in [1.82, 2.24) is 0 Å². The maximum Gasteiger partial charge on any atom is 0.490 e. The standard InChI is InChI=1S/C10H7FO.C2HF3O2/c11-10-3-1-2-7-6-8(12)4-5-9(7)10;3-2(4,5)1(6)7/h1-6,12H;(H,6,7). The molecule has 0 unspecified atom stereocenters. The smallest absolute Gasteiger partial charge is 0.490 e. The fourth-order valence-corrected chi connectivity index (χ4v) is 1.23. The van der Waals surface area contributed by atoms with Crippen molar-refractivity contribution < 1.29 is 32.6 Å². The van der Waals surface area contributed by atoms with Gasteiger partial charge in [-0.1, -0.05) is 12.1 Å². The van der Waals surface area contributed by atoms with Gasteiger partial charge in [0.25, 0.3) is 0 Å². The first-order valence-corrected chi connectivity index (χ1v) is 4.89. The highest BCUT2D eigenvalue weighted by Crippen LogP contribution is 2.21. The molecule has 2 aromatic rings. The van der Waals surface area contributed by atoms with Crippen LogP contribution in [-0.4, -0.2) is 22.4 Å². The summed E-state index contributed by atoms with van der Waals surface area (Å²) in [5.41, 5.74) is 0. The molecule has 0 radical (unpaired) electrons. The Hall–Kier alpha value is -2.31. The minimum absolute atomic E-state index is 0.160. The van der Waals surface area contributed by atoms with E-state index in [1.54, 1.807) is 24.3 Å². The van der Waals surface area contributed by atoms with Crippen LogP contribution < -0.4 is 0 Å². The summed E-state index contributed by atoms with van der Waals surface area (Å²) in [6.45, 7) is 0. The summed E-state index contributed by atoms with van der Waals surface area (Å²) in [6.07, 6.45) is -5.08. The summed E-state index contributed by atoms with van der Waals surface area (Å²) in [5, 5.41) is 17.5. The van der Waals surface area contributed by atoms with E-state index in [0.717, 1.165) is 5.39 Å². The number of alkyl halides is 3. The second-order valence-corrected chi connectivity index (χ2v) is 3.45. The molecule has 2 aromatic carbocycles. The number of benzene rings is 2. The summed E-state index contributed by atoms with van der Waals surface area (Å²) < 4.78 is 44.8. The lowest BCUT2D eigenvalue weighted by atomic mass is 10.1. The molecule has 2 N–H and O–H groups in total. The van der Waals surface area contributed by atoms with E-state index in [0.29, 0.717) is 5.39 Å². The zero-order valence-corrected chi connectivity index (χ0v) is 9.28. The number of phenols is 1. The van der Waals surface area contributed by atoms with E-state index in [-0.39, 0.29) is 11.6 Å². The van der Waals surface area contributed by atoms with Crippen LogP contribution >= 0.6 is 0 Å². The zero-order chi connectivity index (χ0) is 14.6. The van der Waals surface area contributed by atoms with Gasteiger partial charge in [0.2, 0.25) is 0 Å². The predicted octanol–water partition coefficient (Wildman–Crippen LogP) is 3.32. The van der Waals surface area contributed by atoms with E-state index in [9.17, 15) is 17.6 Å². The molecule has 0 aliphatic rings. The van der Waals surface area contributed by atoms with E-state index in [1.807, 2.05) is 0 Å². The normalized spacial score (nSPS) is 10.7. The van der Waals surface area contributed by atoms with Crippen LogP contribution in [0.5, 0.6) is 5.75 Å². The summed E-state index contributed by atoms with van der Waals surface area (Å²) >= 11 is 0. The number of halogens is 4. The lowest BCUT2D eigenvalue weighted by Gasteiger charge is -1.98. The number of fused-ring (bicyclic) bond motifs is 1. The van der Waals surface area contributed by atoms with Gasteiger partial charge in [0.15, 0.2) is 0 Å². The van der Waals surface area contributed by atoms with Crippen LogP contribution in [0.15, 0.2) is 36.4 Å². The maximum atomic E-state index is 13.0. The minimum Gasteiger partial charge on any atom is -0.508 e. The van der Waals surface area contributed by atoms with E-state index in [4.69, 9.17) is 15.0 Å². The van der Waals surface area contributed by atoms with Gasteiger partial charge in [-0.05, 0) is 29.7 Å². The lowest BCUT2D eigenvalue weighted by Crippen LogP contribution is -2.21. The zero-order valence-electron chi connectivity index (χ0n) is 9.28. The molecule has 0 saturated heterocycles. The Bertz CT molecular complexity index is 593. The Balaban J connectivity index is 0.000000224. The van der Waals surface area contributed by atoms with E-state index >= 15 is 0 Å². The van der Waals surface area contributed by atoms with Crippen molar-refractivity contribution in [3.63, 3.8) is 0 Å². The Morgan fingerprint density at radius 3 is 2.21 bits per heavy atom. The molecule has 0 heterocycles. The molecule has 7 heteroatoms. The average molecular weight is 276 g/mol. The Morgan fingerprint density at radius 1 is 1.11 bits per heavy atom. The quantitative estimate of drug-likeness (QED) is 0.726. The molecular weight excluding hydrogens is 268 g/mol. The van der Waals surface area contributed by atoms with Crippen LogP contribution in [0.2, 0.25) is 0 Å². The molecular formula is C12H8F4O3. The lowest BCUT2D eigenvalue weighted by molar-refractivity contribution is -0.192. The molecule has 0 fully saturated rings. The average Bonchev–Trinajstić information content (AvgIpc) is 2.28. The van der Waals surface area contributed by atoms with Crippen molar-refractivity contribution in [2.24, 2.45) is 0 Å². The SMILES string of the molecule is O=C(O)C(F)(F)F.Oc1ccc2c(F)cccc2c1. The number of rotatable bonds is 0. The topological polar surface area (TPSA) is 57.5 Å². The van der Waals surface area contributed by atoms with Crippen molar-refractivity contribution in [3.05, 3.63) is 42.2 Å². The molecule has 0 bridgehead atoms. The maximum absolute atomic E-state index is 13.0. The first-order chi connectivity index (χ1) is 8.71. The molecule has 102 valence electrons. The van der Waals surface area contributed by atoms with Crippen molar-refractivity contribution in [3.8, 4) is 5.75 Å². The molecule has 19 heavy (non-hydrogen) atoms. The summed E-state index contributed by atoms with van der Waals surface area (Å²) in [4.78, 5) is 8.90. The molecule has 2 rings (SSSR count). The molecule has 0 aliphatic heterocycles. The van der Waals surface area contributed by atoms with Gasteiger partial charge in [-0.15, -0.1) is 0 Å². The Morgan fingerprint density at radius 2 is 1.68 bits per heavy atom. The third-order valence-electron chi connectivity index (χ3n) is 2.05. The summed E-state index contributed by atoms with van der Waals surface area (Å²) in [5.74, 6) is -2.85. The number of aliphatic carboxylic acids is 1. The number of phenolic OH excluding ortho intramolecular Hbond substituents is 1. The molecule has 0 amide bonds. The van der Waals surface area contributed by atoms with Gasteiger partial charge < -0.3 is 10.2 Å². The molecule has 0 aliphatic carbocycles. The molecule has 0 atom stereocenters. The minimum atomic E-state index is -5.08. The predicted molar refractivity (Wildman–Crippen MR) is 59.3 cm³/mol. The number of hydrogen-bond donors (Lipinski definition) is 2. The van der Waals surface area contributed by atoms with Crippen LogP contribution in [0.25, 0.3) is 10.8 Å². The second-order valence-electron chi connectivity index (χ2n) is 3.45. The summed E-state index contributed by atoms with van der Waals surface area (Å²) in [7, 11) is 0. The van der Waals surface area contributed by atoms with Gasteiger partial charge in [0.1, 0.15) is 11.6 Å². The Kier molecular flexibility index (Phi) is 4.31. The van der Waals surface area contributed by atoms with Crippen LogP contribution in [0.1, 0.15) is 0 Å². The second kappa shape index (κ2) is 5.55. The first kappa shape index (κ1) is 14.7. The van der Waals surface area contributed by atoms with E-state index in [1.165, 1.54) is 12.1 Å². The van der Waals surface area contributed by atoms with Crippen LogP contribution in [0, 0.1) is 5.82 Å². The fourth-order valence-electron chi connectivity index (χ4n) is 1.23. The first-order valence-electron chi connectivity index (χ1n) is 4.89. The molecule has 0 spiro atoms. The number of carboxylic acid groups (broad SMARTS) is 1. The molecule has 0 aromatic heterocycles. The van der Waals surface area contributed by atoms with Gasteiger partial charge >= 0.3 is 12.1 Å². The largest absolute Gasteiger partial charge is 0.508 e. The fraction of sp³-hybridized carbons (Fsp3) is 0.0833. The molecule has 3 nitrogen and oxygen atoms in total. The van der Waals surface area contributed by atoms with Gasteiger partial charge in [-0.2, -0.15) is 13.2 Å². The number of carboxylic acids is 1. The van der Waals surface area contributed by atoms with Crippen LogP contribution in [0.3, 0.4) is 0 Å². The number of carbonyl (C=O) groups is 1. The highest BCUT2D eigenvalue weighted by Gasteiger charge is 2.38. The van der Waals surface area contributed by atoms with Crippen LogP contribution in [-0.2, 0) is 4.79 Å². The third kappa shape index (κ3) is 4.13. The van der Waals surface area contributed by atoms with Crippen molar-refractivity contribution in [1.29, 1.82) is 0 Å². The van der Waals surface area contributed by atoms with Gasteiger partial charge in [-0.25, -0.2) is 9.18 Å². The van der Waals surface area contributed by atoms with Crippen LogP contribution in [0.4, 0.5) is 17.6 Å². The number of hydrogen-bond acceptors (Lipinski definition) is 2. The van der Waals surface area contributed by atoms with E-state index in [2.05, 4.69) is 0 Å². The Labute approximate surface area is 104 Å². The summed E-state index contributed by atoms with van der Waals surface area (Å²) in [6, 6.07) is 9.37. The highest BCUT2D eigenvalue weighted by molar-refractivity contribution is 5.84. The number of aromatic hydroxyl groups is 1. The monoisotopic (exact) mass is 276 g/mol. The van der Waals surface area contributed by atoms with Crippen molar-refractivity contribution in [2.75, 3.05) is 0 Å². The third-order valence-corrected chi connectivity index (χ3v) is 2.05. The molecule has 0 saturated carbocycles. The van der Waals surface area contributed by atoms with E-state index < -0.39 is 12.1 Å².